The number of anilines is 1. The van der Waals surface area contributed by atoms with E-state index in [1.165, 1.54) is 11.8 Å². The third kappa shape index (κ3) is 3.88. The van der Waals surface area contributed by atoms with Gasteiger partial charge in [0.15, 0.2) is 0 Å². The second-order valence-electron chi connectivity index (χ2n) is 5.23. The molecule has 0 spiro atoms. The van der Waals surface area contributed by atoms with E-state index in [4.69, 9.17) is 5.73 Å². The molecule has 0 fully saturated rings. The lowest BCUT2D eigenvalue weighted by Crippen LogP contribution is -1.92. The lowest BCUT2D eigenvalue weighted by atomic mass is 10.1. The molecule has 0 aliphatic carbocycles. The third-order valence-corrected chi connectivity index (χ3v) is 3.01. The Labute approximate surface area is 118 Å². The van der Waals surface area contributed by atoms with Crippen LogP contribution in [0.4, 0.5) is 11.4 Å². The number of aromatic nitrogens is 2. The van der Waals surface area contributed by atoms with E-state index in [2.05, 4.69) is 23.8 Å². The van der Waals surface area contributed by atoms with Crippen LogP contribution in [0.15, 0.2) is 24.8 Å². The number of nitrogens with two attached hydrogens (primary N) is 1. The van der Waals surface area contributed by atoms with Gasteiger partial charge in [-0.05, 0) is 17.4 Å². The number of hydrogen-bond donors (Lipinski definition) is 3. The van der Waals surface area contributed by atoms with Crippen LogP contribution in [-0.2, 0) is 0 Å². The molecule has 4 N–H and O–H groups in total. The summed E-state index contributed by atoms with van der Waals surface area (Å²) in [7, 11) is 0. The fourth-order valence-electron chi connectivity index (χ4n) is 1.88. The molecule has 2 aromatic rings. The van der Waals surface area contributed by atoms with E-state index in [0.717, 1.165) is 11.3 Å². The summed E-state index contributed by atoms with van der Waals surface area (Å²) in [4.78, 5) is 15.7. The molecule has 0 radical (unpaired) electrons. The average molecular weight is 278 g/mol. The Morgan fingerprint density at radius 3 is 1.80 bits per heavy atom. The van der Waals surface area contributed by atoms with E-state index < -0.39 is 0 Å². The Morgan fingerprint density at radius 2 is 1.50 bits per heavy atom. The molecule has 0 unspecified atom stereocenters. The van der Waals surface area contributed by atoms with E-state index in [-0.39, 0.29) is 16.5 Å². The van der Waals surface area contributed by atoms with Gasteiger partial charge in [0.25, 0.3) is 5.69 Å². The van der Waals surface area contributed by atoms with Gasteiger partial charge in [-0.1, -0.05) is 27.7 Å². The highest BCUT2D eigenvalue weighted by Gasteiger charge is 2.16. The van der Waals surface area contributed by atoms with Gasteiger partial charge in [0, 0.05) is 24.2 Å². The van der Waals surface area contributed by atoms with E-state index >= 15 is 0 Å². The lowest BCUT2D eigenvalue weighted by molar-refractivity contribution is -0.385. The molecule has 0 aliphatic rings. The number of H-pyrrole nitrogens is 2. The predicted molar refractivity (Wildman–Crippen MR) is 80.8 cm³/mol. The molecule has 0 saturated carbocycles. The van der Waals surface area contributed by atoms with E-state index in [9.17, 15) is 10.1 Å². The molecule has 0 bridgehead atoms. The van der Waals surface area contributed by atoms with Crippen LogP contribution in [0.1, 0.15) is 50.7 Å². The Hall–Kier alpha value is -2.24. The summed E-state index contributed by atoms with van der Waals surface area (Å²) >= 11 is 0. The highest BCUT2D eigenvalue weighted by molar-refractivity contribution is 5.45. The van der Waals surface area contributed by atoms with Crippen LogP contribution in [-0.4, -0.2) is 14.9 Å². The number of nitro groups is 1. The predicted octanol–water partition coefficient (Wildman–Crippen LogP) is 3.77. The molecule has 2 aromatic heterocycles. The molecule has 0 atom stereocenters. The lowest BCUT2D eigenvalue weighted by Gasteiger charge is -2.00. The van der Waals surface area contributed by atoms with Gasteiger partial charge in [-0.2, -0.15) is 0 Å². The summed E-state index contributed by atoms with van der Waals surface area (Å²) in [6, 6.07) is 0. The highest BCUT2D eigenvalue weighted by atomic mass is 16.6. The van der Waals surface area contributed by atoms with Crippen molar-refractivity contribution in [3.05, 3.63) is 46.0 Å². The third-order valence-electron chi connectivity index (χ3n) is 3.01. The Morgan fingerprint density at radius 1 is 1.00 bits per heavy atom. The Kier molecular flexibility index (Phi) is 5.37. The minimum atomic E-state index is -0.369. The van der Waals surface area contributed by atoms with E-state index in [1.807, 2.05) is 26.2 Å². The smallest absolute Gasteiger partial charge is 0.290 e. The molecule has 20 heavy (non-hydrogen) atoms. The van der Waals surface area contributed by atoms with E-state index in [0.29, 0.717) is 5.92 Å². The molecule has 2 rings (SSSR count). The van der Waals surface area contributed by atoms with Crippen molar-refractivity contribution in [3.63, 3.8) is 0 Å². The van der Waals surface area contributed by atoms with Gasteiger partial charge in [-0.3, -0.25) is 10.1 Å². The zero-order valence-electron chi connectivity index (χ0n) is 12.3. The molecule has 6 nitrogen and oxygen atoms in total. The zero-order chi connectivity index (χ0) is 15.3. The van der Waals surface area contributed by atoms with Crippen LogP contribution in [0.25, 0.3) is 0 Å². The second-order valence-corrected chi connectivity index (χ2v) is 5.23. The molecule has 2 heterocycles. The molecular weight excluding hydrogens is 256 g/mol. The molecule has 0 aromatic carbocycles. The fraction of sp³-hybridized carbons (Fsp3) is 0.429. The normalized spacial score (nSPS) is 10.5. The second kappa shape index (κ2) is 6.79. The number of hydrogen-bond acceptors (Lipinski definition) is 3. The molecule has 110 valence electrons. The van der Waals surface area contributed by atoms with Crippen LogP contribution in [0.5, 0.6) is 0 Å². The van der Waals surface area contributed by atoms with Gasteiger partial charge >= 0.3 is 0 Å². The first-order valence-corrected chi connectivity index (χ1v) is 6.57. The van der Waals surface area contributed by atoms with Crippen LogP contribution in [0.3, 0.4) is 0 Å². The maximum Gasteiger partial charge on any atom is 0.290 e. The first-order chi connectivity index (χ1) is 9.34. The average Bonchev–Trinajstić information content (AvgIpc) is 2.96. The van der Waals surface area contributed by atoms with Crippen molar-refractivity contribution in [3.8, 4) is 0 Å². The monoisotopic (exact) mass is 278 g/mol. The molecule has 0 aliphatic heterocycles. The van der Waals surface area contributed by atoms with Gasteiger partial charge in [-0.15, -0.1) is 0 Å². The maximum absolute atomic E-state index is 10.4. The number of rotatable bonds is 3. The van der Waals surface area contributed by atoms with Gasteiger partial charge in [0.2, 0.25) is 0 Å². The van der Waals surface area contributed by atoms with Gasteiger partial charge < -0.3 is 15.7 Å². The Bertz CT molecular complexity index is 555. The van der Waals surface area contributed by atoms with Crippen LogP contribution in [0.2, 0.25) is 0 Å². The standard InChI is InChI=1S/C7H10N2O2.C7H12N2/c1-5(2)6-3-8-4-7(6)9(10)11;1-5(2)6-3-9-4-7(6)8/h3-5,8H,1-2H3;3-5,9H,8H2,1-2H3. The van der Waals surface area contributed by atoms with Crippen LogP contribution >= 0.6 is 0 Å². The number of nitrogen functional groups attached to an aromatic ring is 1. The summed E-state index contributed by atoms with van der Waals surface area (Å²) < 4.78 is 0. The van der Waals surface area contributed by atoms with Crippen molar-refractivity contribution in [2.75, 3.05) is 5.73 Å². The zero-order valence-corrected chi connectivity index (χ0v) is 12.3. The summed E-state index contributed by atoms with van der Waals surface area (Å²) in [5, 5.41) is 10.4. The quantitative estimate of drug-likeness (QED) is 0.588. The van der Waals surface area contributed by atoms with Crippen molar-refractivity contribution >= 4 is 11.4 Å². The van der Waals surface area contributed by atoms with Gasteiger partial charge in [0.05, 0.1) is 16.8 Å². The van der Waals surface area contributed by atoms with Crippen molar-refractivity contribution in [1.29, 1.82) is 0 Å². The minimum Gasteiger partial charge on any atom is -0.397 e. The fourth-order valence-corrected chi connectivity index (χ4v) is 1.88. The first-order valence-electron chi connectivity index (χ1n) is 6.57. The SMILES string of the molecule is CC(C)c1c[nH]cc1N.CC(C)c1c[nH]cc1[N+](=O)[O-]. The largest absolute Gasteiger partial charge is 0.397 e. The van der Waals surface area contributed by atoms with Crippen molar-refractivity contribution < 1.29 is 4.92 Å². The molecular formula is C14H22N4O2. The van der Waals surface area contributed by atoms with Crippen molar-refractivity contribution in [2.24, 2.45) is 0 Å². The van der Waals surface area contributed by atoms with Gasteiger partial charge in [0.1, 0.15) is 0 Å². The minimum absolute atomic E-state index is 0.181. The van der Waals surface area contributed by atoms with Gasteiger partial charge in [-0.25, -0.2) is 0 Å². The van der Waals surface area contributed by atoms with Crippen LogP contribution < -0.4 is 5.73 Å². The van der Waals surface area contributed by atoms with Crippen molar-refractivity contribution in [2.45, 2.75) is 39.5 Å². The number of nitrogens with one attached hydrogen (secondary N) is 2. The summed E-state index contributed by atoms with van der Waals surface area (Å²) in [6.45, 7) is 8.10. The summed E-state index contributed by atoms with van der Waals surface area (Å²) in [6.07, 6.45) is 6.84. The summed E-state index contributed by atoms with van der Waals surface area (Å²) in [5.41, 5.74) is 8.62. The number of aromatic amines is 2. The first kappa shape index (κ1) is 15.8. The number of nitrogens with zero attached hydrogens (tertiary/aromatic N) is 1. The molecule has 0 saturated heterocycles. The maximum atomic E-state index is 10.4. The summed E-state index contributed by atoms with van der Waals surface area (Å²) in [5.74, 6) is 0.720. The molecule has 6 heteroatoms. The van der Waals surface area contributed by atoms with Crippen LogP contribution in [0, 0.1) is 10.1 Å². The molecule has 0 amide bonds. The Balaban J connectivity index is 0.000000204. The van der Waals surface area contributed by atoms with Crippen molar-refractivity contribution in [1.82, 2.24) is 9.97 Å². The van der Waals surface area contributed by atoms with E-state index in [1.54, 1.807) is 6.20 Å². The highest BCUT2D eigenvalue weighted by Crippen LogP contribution is 2.24. The topological polar surface area (TPSA) is 101 Å².